The van der Waals surface area contributed by atoms with Crippen LogP contribution in [0.5, 0.6) is 0 Å². The largest absolute Gasteiger partial charge is 0.396 e. The molecule has 164 valence electrons. The maximum atomic E-state index is 12.6. The summed E-state index contributed by atoms with van der Waals surface area (Å²) < 4.78 is 0. The fourth-order valence-electron chi connectivity index (χ4n) is 7.63. The second kappa shape index (κ2) is 7.93. The highest BCUT2D eigenvalue weighted by atomic mass is 16.6. The third kappa shape index (κ3) is 3.26. The first-order valence-corrected chi connectivity index (χ1v) is 11.6. The molecule has 0 spiro atoms. The second-order valence-corrected chi connectivity index (χ2v) is 10.5. The molecule has 0 aliphatic heterocycles. The Bertz CT molecular complexity index is 667. The van der Waals surface area contributed by atoms with E-state index in [1.54, 1.807) is 0 Å². The predicted octanol–water partition coefficient (Wildman–Crippen LogP) is 2.51. The first-order chi connectivity index (χ1) is 13.9. The van der Waals surface area contributed by atoms with Crippen LogP contribution in [0.4, 0.5) is 0 Å². The monoisotopic (exact) mass is 406 g/mol. The molecule has 4 aliphatic carbocycles. The standard InChI is InChI=1S/C23H38N2O4/c1-22-8-6-14(25-29-11-3-10-24)12-18(22)15(13-26)21(28)20-16-4-5-19(27)23(16,2)9-7-17(20)22/h15-18,20-21,26,28H,3-13,24H2,1-2H3/b25-14-/t15-,16+,17+,18?,20+,21-,22-,23+/m1/s1. The highest BCUT2D eigenvalue weighted by Crippen LogP contribution is 2.66. The molecule has 0 aromatic heterocycles. The van der Waals surface area contributed by atoms with Gasteiger partial charge in [-0.1, -0.05) is 19.0 Å². The van der Waals surface area contributed by atoms with Crippen molar-refractivity contribution in [1.82, 2.24) is 0 Å². The number of rotatable bonds is 5. The van der Waals surface area contributed by atoms with Crippen molar-refractivity contribution in [2.75, 3.05) is 19.8 Å². The summed E-state index contributed by atoms with van der Waals surface area (Å²) >= 11 is 0. The number of aliphatic hydroxyl groups excluding tert-OH is 2. The number of nitrogens with two attached hydrogens (primary N) is 1. The number of aliphatic hydroxyl groups is 2. The fraction of sp³-hybridized carbons (Fsp3) is 0.913. The number of carbonyl (C=O) groups excluding carboxylic acids is 1. The Morgan fingerprint density at radius 2 is 1.97 bits per heavy atom. The van der Waals surface area contributed by atoms with E-state index < -0.39 is 6.10 Å². The van der Waals surface area contributed by atoms with Crippen LogP contribution in [-0.4, -0.2) is 47.6 Å². The average molecular weight is 407 g/mol. The molecule has 4 saturated carbocycles. The molecule has 4 N–H and O–H groups in total. The average Bonchev–Trinajstić information content (AvgIpc) is 3.01. The lowest BCUT2D eigenvalue weighted by atomic mass is 9.42. The van der Waals surface area contributed by atoms with E-state index in [1.165, 1.54) is 0 Å². The Kier molecular flexibility index (Phi) is 5.82. The van der Waals surface area contributed by atoms with E-state index in [2.05, 4.69) is 19.0 Å². The molecule has 0 bridgehead atoms. The first kappa shape index (κ1) is 21.3. The number of Topliss-reactive ketones (excluding diaryl/α,β-unsaturated/α-hetero) is 1. The van der Waals surface area contributed by atoms with Gasteiger partial charge >= 0.3 is 0 Å². The minimum absolute atomic E-state index is 0.0106. The van der Waals surface area contributed by atoms with E-state index in [0.29, 0.717) is 31.3 Å². The Morgan fingerprint density at radius 1 is 1.17 bits per heavy atom. The van der Waals surface area contributed by atoms with Crippen LogP contribution in [0.15, 0.2) is 5.16 Å². The molecule has 29 heavy (non-hydrogen) atoms. The minimum atomic E-state index is -0.545. The van der Waals surface area contributed by atoms with Gasteiger partial charge in [0.1, 0.15) is 12.4 Å². The number of oxime groups is 1. The number of ketones is 1. The SMILES string of the molecule is C[C@]12CC/C(=N/OCCCN)CC1[C@@H](CO)[C@@H](O)[C@@H]1[C@@H]2CC[C@]2(C)C(=O)CC[C@@H]12. The molecule has 4 rings (SSSR count). The number of hydrogen-bond acceptors (Lipinski definition) is 6. The van der Waals surface area contributed by atoms with Crippen LogP contribution >= 0.6 is 0 Å². The second-order valence-electron chi connectivity index (χ2n) is 10.5. The van der Waals surface area contributed by atoms with Crippen LogP contribution in [0.1, 0.15) is 65.2 Å². The summed E-state index contributed by atoms with van der Waals surface area (Å²) in [6.45, 7) is 5.62. The van der Waals surface area contributed by atoms with Crippen molar-refractivity contribution < 1.29 is 19.8 Å². The molecule has 6 nitrogen and oxygen atoms in total. The molecule has 0 aromatic rings. The van der Waals surface area contributed by atoms with Gasteiger partial charge in [0, 0.05) is 24.4 Å². The molecule has 0 amide bonds. The van der Waals surface area contributed by atoms with Crippen molar-refractivity contribution in [3.05, 3.63) is 0 Å². The van der Waals surface area contributed by atoms with Gasteiger partial charge in [-0.05, 0) is 80.6 Å². The molecule has 4 fully saturated rings. The van der Waals surface area contributed by atoms with Gasteiger partial charge in [-0.15, -0.1) is 0 Å². The molecule has 0 aromatic carbocycles. The van der Waals surface area contributed by atoms with E-state index in [0.717, 1.165) is 50.7 Å². The van der Waals surface area contributed by atoms with Crippen molar-refractivity contribution >= 4 is 11.5 Å². The third-order valence-corrected chi connectivity index (χ3v) is 9.34. The zero-order valence-corrected chi connectivity index (χ0v) is 18.0. The smallest absolute Gasteiger partial charge is 0.139 e. The van der Waals surface area contributed by atoms with E-state index >= 15 is 0 Å². The highest BCUT2D eigenvalue weighted by Gasteiger charge is 2.64. The molecule has 0 heterocycles. The minimum Gasteiger partial charge on any atom is -0.396 e. The van der Waals surface area contributed by atoms with Gasteiger partial charge in [0.15, 0.2) is 0 Å². The normalized spacial score (nSPS) is 48.2. The van der Waals surface area contributed by atoms with Crippen LogP contribution in [0.2, 0.25) is 0 Å². The Hall–Kier alpha value is -0.980. The van der Waals surface area contributed by atoms with Crippen molar-refractivity contribution in [1.29, 1.82) is 0 Å². The van der Waals surface area contributed by atoms with Gasteiger partial charge in [0.05, 0.1) is 11.8 Å². The quantitative estimate of drug-likeness (QED) is 0.481. The highest BCUT2D eigenvalue weighted by molar-refractivity contribution is 5.87. The number of carbonyl (C=O) groups is 1. The molecule has 0 saturated heterocycles. The molecule has 1 unspecified atom stereocenters. The van der Waals surface area contributed by atoms with E-state index in [-0.39, 0.29) is 41.1 Å². The summed E-state index contributed by atoms with van der Waals surface area (Å²) in [6.07, 6.45) is 6.45. The summed E-state index contributed by atoms with van der Waals surface area (Å²) in [5, 5.41) is 26.1. The van der Waals surface area contributed by atoms with Crippen LogP contribution < -0.4 is 5.73 Å². The maximum Gasteiger partial charge on any atom is 0.139 e. The summed E-state index contributed by atoms with van der Waals surface area (Å²) in [7, 11) is 0. The summed E-state index contributed by atoms with van der Waals surface area (Å²) in [5.74, 6) is 1.22. The maximum absolute atomic E-state index is 12.6. The predicted molar refractivity (Wildman–Crippen MR) is 111 cm³/mol. The lowest BCUT2D eigenvalue weighted by Crippen LogP contribution is -2.62. The number of nitrogens with zero attached hydrogens (tertiary/aromatic N) is 1. The van der Waals surface area contributed by atoms with Gasteiger partial charge in [0.25, 0.3) is 0 Å². The van der Waals surface area contributed by atoms with Gasteiger partial charge in [-0.2, -0.15) is 0 Å². The zero-order valence-electron chi connectivity index (χ0n) is 18.0. The Morgan fingerprint density at radius 3 is 2.69 bits per heavy atom. The van der Waals surface area contributed by atoms with Gasteiger partial charge < -0.3 is 20.8 Å². The van der Waals surface area contributed by atoms with E-state index in [9.17, 15) is 15.0 Å². The molecule has 0 radical (unpaired) electrons. The van der Waals surface area contributed by atoms with E-state index in [4.69, 9.17) is 10.6 Å². The summed E-state index contributed by atoms with van der Waals surface area (Å²) in [4.78, 5) is 18.1. The van der Waals surface area contributed by atoms with Crippen LogP contribution in [-0.2, 0) is 9.63 Å². The molecule has 4 aliphatic rings. The molecular weight excluding hydrogens is 368 g/mol. The summed E-state index contributed by atoms with van der Waals surface area (Å²) in [5.41, 5.74) is 6.36. The van der Waals surface area contributed by atoms with Gasteiger partial charge in [-0.25, -0.2) is 0 Å². The number of hydrogen-bond donors (Lipinski definition) is 3. The van der Waals surface area contributed by atoms with Gasteiger partial charge in [-0.3, -0.25) is 4.79 Å². The third-order valence-electron chi connectivity index (χ3n) is 9.34. The van der Waals surface area contributed by atoms with Gasteiger partial charge in [0.2, 0.25) is 0 Å². The lowest BCUT2D eigenvalue weighted by molar-refractivity contribution is -0.188. The van der Waals surface area contributed by atoms with Crippen molar-refractivity contribution in [3.8, 4) is 0 Å². The van der Waals surface area contributed by atoms with Crippen molar-refractivity contribution in [2.45, 2.75) is 71.3 Å². The topological polar surface area (TPSA) is 105 Å². The van der Waals surface area contributed by atoms with Crippen molar-refractivity contribution in [2.24, 2.45) is 51.3 Å². The van der Waals surface area contributed by atoms with Crippen molar-refractivity contribution in [3.63, 3.8) is 0 Å². The summed E-state index contributed by atoms with van der Waals surface area (Å²) in [6, 6.07) is 0. The molecule has 8 atom stereocenters. The fourth-order valence-corrected chi connectivity index (χ4v) is 7.63. The first-order valence-electron chi connectivity index (χ1n) is 11.6. The number of fused-ring (bicyclic) bond motifs is 5. The Balaban J connectivity index is 1.60. The van der Waals surface area contributed by atoms with E-state index in [1.807, 2.05) is 0 Å². The Labute approximate surface area is 174 Å². The van der Waals surface area contributed by atoms with Crippen LogP contribution in [0.3, 0.4) is 0 Å². The lowest BCUT2D eigenvalue weighted by Gasteiger charge is -2.63. The molecular formula is C23H38N2O4. The zero-order chi connectivity index (χ0) is 20.8. The van der Waals surface area contributed by atoms with Crippen LogP contribution in [0, 0.1) is 40.4 Å². The van der Waals surface area contributed by atoms with Crippen LogP contribution in [0.25, 0.3) is 0 Å². The molecule has 6 heteroatoms.